The van der Waals surface area contributed by atoms with E-state index in [-0.39, 0.29) is 5.41 Å². The Morgan fingerprint density at radius 3 is 2.63 bits per heavy atom. The fraction of sp³-hybridized carbons (Fsp3) is 0.222. The highest BCUT2D eigenvalue weighted by Gasteiger charge is 2.26. The van der Waals surface area contributed by atoms with Gasteiger partial charge in [0.2, 0.25) is 0 Å². The van der Waals surface area contributed by atoms with Crippen molar-refractivity contribution < 1.29 is 0 Å². The smallest absolute Gasteiger partial charge is 0.0889 e. The lowest BCUT2D eigenvalue weighted by atomic mass is 9.72. The zero-order chi connectivity index (χ0) is 13.6. The molecule has 1 heteroatoms. The van der Waals surface area contributed by atoms with Crippen molar-refractivity contribution in [2.45, 2.75) is 26.2 Å². The van der Waals surface area contributed by atoms with Gasteiger partial charge in [-0.05, 0) is 34.4 Å². The summed E-state index contributed by atoms with van der Waals surface area (Å²) >= 11 is 0. The molecule has 0 nitrogen and oxygen atoms in total. The van der Waals surface area contributed by atoms with Crippen molar-refractivity contribution in [3.05, 3.63) is 53.1 Å². The number of rotatable bonds is 1. The van der Waals surface area contributed by atoms with E-state index >= 15 is 0 Å². The summed E-state index contributed by atoms with van der Waals surface area (Å²) in [5, 5.41) is 2.47. The zero-order valence-electron chi connectivity index (χ0n) is 11.7. The van der Waals surface area contributed by atoms with E-state index in [1.807, 2.05) is 6.07 Å². The average Bonchev–Trinajstić information content (AvgIpc) is 2.37. The predicted octanol–water partition coefficient (Wildman–Crippen LogP) is 3.97. The third-order valence-electron chi connectivity index (χ3n) is 3.95. The first kappa shape index (κ1) is 12.3. The third-order valence-corrected chi connectivity index (χ3v) is 3.95. The Labute approximate surface area is 116 Å². The van der Waals surface area contributed by atoms with Crippen LogP contribution in [-0.2, 0) is 5.41 Å². The van der Waals surface area contributed by atoms with E-state index in [0.717, 1.165) is 10.8 Å². The lowest BCUT2D eigenvalue weighted by Crippen LogP contribution is -2.20. The molecule has 0 aromatic heterocycles. The molecule has 2 radical (unpaired) electrons. The van der Waals surface area contributed by atoms with Gasteiger partial charge in [0.25, 0.3) is 0 Å². The summed E-state index contributed by atoms with van der Waals surface area (Å²) in [4.78, 5) is 0. The molecular formula is C18H17B. The van der Waals surface area contributed by atoms with Crippen LogP contribution in [0.15, 0.2) is 36.4 Å². The van der Waals surface area contributed by atoms with Crippen LogP contribution in [0.25, 0.3) is 22.9 Å². The van der Waals surface area contributed by atoms with Crippen LogP contribution in [0.3, 0.4) is 0 Å². The normalized spacial score (nSPS) is 16.4. The Hall–Kier alpha value is -1.76. The van der Waals surface area contributed by atoms with Gasteiger partial charge in [-0.25, -0.2) is 0 Å². The average molecular weight is 244 g/mol. The van der Waals surface area contributed by atoms with Gasteiger partial charge in [-0.3, -0.25) is 0 Å². The van der Waals surface area contributed by atoms with Gasteiger partial charge < -0.3 is 0 Å². The van der Waals surface area contributed by atoms with Crippen molar-refractivity contribution in [1.82, 2.24) is 0 Å². The van der Waals surface area contributed by atoms with Gasteiger partial charge in [-0.15, -0.1) is 0 Å². The molecule has 2 aromatic carbocycles. The molecular weight excluding hydrogens is 227 g/mol. The van der Waals surface area contributed by atoms with Crippen LogP contribution in [0.2, 0.25) is 0 Å². The number of hydrogen-bond acceptors (Lipinski definition) is 0. The van der Waals surface area contributed by atoms with Crippen molar-refractivity contribution in [3.63, 3.8) is 0 Å². The molecule has 1 aliphatic carbocycles. The molecule has 0 aliphatic heterocycles. The van der Waals surface area contributed by atoms with Crippen LogP contribution in [0, 0.1) is 0 Å². The van der Waals surface area contributed by atoms with E-state index in [2.05, 4.69) is 63.3 Å². The van der Waals surface area contributed by atoms with Gasteiger partial charge in [-0.2, -0.15) is 0 Å². The van der Waals surface area contributed by atoms with Crippen LogP contribution < -0.4 is 5.46 Å². The molecule has 0 unspecified atom stereocenters. The van der Waals surface area contributed by atoms with E-state index < -0.39 is 0 Å². The van der Waals surface area contributed by atoms with Crippen LogP contribution in [0.5, 0.6) is 0 Å². The van der Waals surface area contributed by atoms with Crippen molar-refractivity contribution in [2.75, 3.05) is 0 Å². The van der Waals surface area contributed by atoms with Crippen molar-refractivity contribution in [2.24, 2.45) is 0 Å². The molecule has 0 atom stereocenters. The molecule has 0 spiro atoms. The molecule has 19 heavy (non-hydrogen) atoms. The second kappa shape index (κ2) is 4.13. The van der Waals surface area contributed by atoms with E-state index in [0.29, 0.717) is 0 Å². The largest absolute Gasteiger partial charge is 0.114 e. The van der Waals surface area contributed by atoms with E-state index in [1.54, 1.807) is 0 Å². The Balaban J connectivity index is 2.52. The highest BCUT2D eigenvalue weighted by molar-refractivity contribution is 6.39. The Morgan fingerprint density at radius 2 is 1.89 bits per heavy atom. The number of benzene rings is 2. The predicted molar refractivity (Wildman–Crippen MR) is 86.1 cm³/mol. The van der Waals surface area contributed by atoms with E-state index in [4.69, 9.17) is 7.85 Å². The monoisotopic (exact) mass is 244 g/mol. The topological polar surface area (TPSA) is 0 Å². The van der Waals surface area contributed by atoms with Crippen molar-refractivity contribution in [3.8, 4) is 0 Å². The first-order valence-electron chi connectivity index (χ1n) is 6.72. The maximum atomic E-state index is 6.14. The second-order valence-electron chi connectivity index (χ2n) is 5.75. The summed E-state index contributed by atoms with van der Waals surface area (Å²) in [6.45, 7) is 6.58. The Bertz CT molecular complexity index is 718. The summed E-state index contributed by atoms with van der Waals surface area (Å²) < 4.78 is 0. The van der Waals surface area contributed by atoms with Gasteiger partial charge in [-0.1, -0.05) is 67.9 Å². The number of hydrogen-bond donors (Lipinski definition) is 0. The molecule has 3 rings (SSSR count). The summed E-state index contributed by atoms with van der Waals surface area (Å²) in [5.74, 6) is 0. The zero-order valence-corrected chi connectivity index (χ0v) is 11.7. The quantitative estimate of drug-likeness (QED) is 0.666. The minimum Gasteiger partial charge on any atom is -0.0889 e. The van der Waals surface area contributed by atoms with Gasteiger partial charge in [0.1, 0.15) is 7.85 Å². The Kier molecular flexibility index (Phi) is 2.67. The minimum absolute atomic E-state index is 0.0369. The van der Waals surface area contributed by atoms with E-state index in [1.165, 1.54) is 22.1 Å². The van der Waals surface area contributed by atoms with Crippen LogP contribution in [-0.4, -0.2) is 7.85 Å². The fourth-order valence-electron chi connectivity index (χ4n) is 3.04. The second-order valence-corrected chi connectivity index (χ2v) is 5.75. The molecule has 0 fully saturated rings. The van der Waals surface area contributed by atoms with Crippen LogP contribution in [0.1, 0.15) is 37.5 Å². The summed E-state index contributed by atoms with van der Waals surface area (Å²) in [7, 11) is 6.14. The van der Waals surface area contributed by atoms with Gasteiger partial charge in [0.05, 0.1) is 0 Å². The SMILES string of the molecule is [B]c1ccc2c3c(c(/C=C\C)ccc13)C(C)(C)C=C2. The molecule has 0 amide bonds. The molecule has 0 saturated heterocycles. The van der Waals surface area contributed by atoms with Gasteiger partial charge in [0, 0.05) is 5.41 Å². The lowest BCUT2D eigenvalue weighted by Gasteiger charge is -2.30. The maximum absolute atomic E-state index is 6.14. The molecule has 0 heterocycles. The standard InChI is InChI=1S/C18H17B/c1-4-5-13-6-8-14-15(19)9-7-12-10-11-18(2,3)17(13)16(12)14/h4-11H,1-3H3/b5-4-. The fourth-order valence-corrected chi connectivity index (χ4v) is 3.04. The summed E-state index contributed by atoms with van der Waals surface area (Å²) in [6.07, 6.45) is 8.78. The van der Waals surface area contributed by atoms with Gasteiger partial charge >= 0.3 is 0 Å². The molecule has 0 saturated carbocycles. The third kappa shape index (κ3) is 1.76. The number of allylic oxidation sites excluding steroid dienone is 2. The first-order chi connectivity index (χ1) is 9.04. The minimum atomic E-state index is 0.0369. The van der Waals surface area contributed by atoms with Crippen molar-refractivity contribution >= 4 is 36.2 Å². The Morgan fingerprint density at radius 1 is 1.11 bits per heavy atom. The maximum Gasteiger partial charge on any atom is 0.114 e. The van der Waals surface area contributed by atoms with Crippen molar-refractivity contribution in [1.29, 1.82) is 0 Å². The summed E-state index contributed by atoms with van der Waals surface area (Å²) in [5.41, 5.74) is 4.84. The molecule has 1 aliphatic rings. The highest BCUT2D eigenvalue weighted by atomic mass is 14.3. The van der Waals surface area contributed by atoms with E-state index in [9.17, 15) is 0 Å². The van der Waals surface area contributed by atoms with Gasteiger partial charge in [0.15, 0.2) is 0 Å². The summed E-state index contributed by atoms with van der Waals surface area (Å²) in [6, 6.07) is 8.44. The molecule has 0 bridgehead atoms. The molecule has 92 valence electrons. The van der Waals surface area contributed by atoms with Crippen LogP contribution >= 0.6 is 0 Å². The van der Waals surface area contributed by atoms with Crippen LogP contribution in [0.4, 0.5) is 0 Å². The highest BCUT2D eigenvalue weighted by Crippen LogP contribution is 2.40. The molecule has 2 aromatic rings. The lowest BCUT2D eigenvalue weighted by molar-refractivity contribution is 0.675. The first-order valence-corrected chi connectivity index (χ1v) is 6.72. The molecule has 0 N–H and O–H groups in total.